The van der Waals surface area contributed by atoms with Crippen LogP contribution in [0.4, 0.5) is 15.8 Å². The van der Waals surface area contributed by atoms with E-state index in [1.807, 2.05) is 6.07 Å². The summed E-state index contributed by atoms with van der Waals surface area (Å²) in [4.78, 5) is 26.9. The smallest absolute Gasteiger partial charge is 0.239 e. The van der Waals surface area contributed by atoms with Crippen molar-refractivity contribution in [3.05, 3.63) is 58.4 Å². The van der Waals surface area contributed by atoms with E-state index in [1.54, 1.807) is 35.2 Å². The van der Waals surface area contributed by atoms with E-state index in [-0.39, 0.29) is 11.6 Å². The number of carbonyl (C=O) groups is 2. The molecule has 0 aromatic heterocycles. The van der Waals surface area contributed by atoms with Crippen LogP contribution in [0.2, 0.25) is 5.02 Å². The summed E-state index contributed by atoms with van der Waals surface area (Å²) in [5, 5.41) is 6.32. The molecule has 0 aliphatic carbocycles. The third-order valence-corrected chi connectivity index (χ3v) is 5.34. The molecule has 1 fully saturated rings. The van der Waals surface area contributed by atoms with Gasteiger partial charge in [-0.3, -0.25) is 9.59 Å². The van der Waals surface area contributed by atoms with Crippen LogP contribution in [0.3, 0.4) is 0 Å². The maximum atomic E-state index is 14.7. The minimum Gasteiger partial charge on any atom is -0.323 e. The number of hydrogen-bond acceptors (Lipinski definition) is 3. The molecule has 0 spiro atoms. The normalized spacial score (nSPS) is 19.1. The zero-order valence-electron chi connectivity index (χ0n) is 14.6. The topological polar surface area (TPSA) is 61.4 Å². The first-order valence-electron chi connectivity index (χ1n) is 8.93. The van der Waals surface area contributed by atoms with Gasteiger partial charge in [0.05, 0.1) is 5.69 Å². The van der Waals surface area contributed by atoms with E-state index in [2.05, 4.69) is 10.6 Å². The molecule has 7 heteroatoms. The second kappa shape index (κ2) is 7.29. The third kappa shape index (κ3) is 3.42. The van der Waals surface area contributed by atoms with Crippen molar-refractivity contribution in [1.29, 1.82) is 0 Å². The van der Waals surface area contributed by atoms with Crippen molar-refractivity contribution in [1.82, 2.24) is 5.32 Å². The highest BCUT2D eigenvalue weighted by atomic mass is 35.5. The van der Waals surface area contributed by atoms with Gasteiger partial charge in [0.15, 0.2) is 0 Å². The zero-order valence-corrected chi connectivity index (χ0v) is 15.4. The minimum absolute atomic E-state index is 0.134. The molecule has 1 unspecified atom stereocenters. The number of nitrogens with zero attached hydrogens (tertiary/aromatic N) is 1. The fourth-order valence-electron chi connectivity index (χ4n) is 3.67. The number of carbonyl (C=O) groups excluding carboxylic acids is 2. The molecule has 27 heavy (non-hydrogen) atoms. The van der Waals surface area contributed by atoms with E-state index < -0.39 is 17.6 Å². The Labute approximate surface area is 161 Å². The van der Waals surface area contributed by atoms with Crippen molar-refractivity contribution >= 4 is 34.8 Å². The highest BCUT2D eigenvalue weighted by Gasteiger charge is 2.38. The van der Waals surface area contributed by atoms with Crippen LogP contribution >= 0.6 is 11.6 Å². The van der Waals surface area contributed by atoms with Gasteiger partial charge in [0.1, 0.15) is 11.7 Å². The van der Waals surface area contributed by atoms with Gasteiger partial charge in [-0.05, 0) is 54.8 Å². The fraction of sp³-hybridized carbons (Fsp3) is 0.300. The van der Waals surface area contributed by atoms with Crippen LogP contribution in [0.15, 0.2) is 36.4 Å². The van der Waals surface area contributed by atoms with E-state index in [4.69, 9.17) is 11.6 Å². The fourth-order valence-corrected chi connectivity index (χ4v) is 3.86. The van der Waals surface area contributed by atoms with Gasteiger partial charge in [-0.25, -0.2) is 4.39 Å². The molecule has 1 saturated heterocycles. The third-order valence-electron chi connectivity index (χ3n) is 5.11. The van der Waals surface area contributed by atoms with Crippen LogP contribution in [-0.2, 0) is 22.6 Å². The molecule has 5 nitrogen and oxygen atoms in total. The lowest BCUT2D eigenvalue weighted by Gasteiger charge is -2.20. The Kier molecular flexibility index (Phi) is 4.85. The Morgan fingerprint density at radius 1 is 1.30 bits per heavy atom. The van der Waals surface area contributed by atoms with Crippen molar-refractivity contribution < 1.29 is 14.0 Å². The van der Waals surface area contributed by atoms with Crippen molar-refractivity contribution in [3.8, 4) is 0 Å². The van der Waals surface area contributed by atoms with Crippen LogP contribution in [0.25, 0.3) is 0 Å². The first-order valence-corrected chi connectivity index (χ1v) is 9.31. The molecular weight excluding hydrogens is 369 g/mol. The zero-order chi connectivity index (χ0) is 19.0. The van der Waals surface area contributed by atoms with Gasteiger partial charge in [0, 0.05) is 23.8 Å². The van der Waals surface area contributed by atoms with Gasteiger partial charge in [0.2, 0.25) is 11.8 Å². The maximum absolute atomic E-state index is 14.7. The molecule has 2 aromatic rings. The lowest BCUT2D eigenvalue weighted by atomic mass is 9.99. The standard InChI is InChI=1S/C20H19ClFN3O2/c21-13-2-1-3-14(10-13)25-9-7-16(20(25)27)19(26)24-17-5-4-12-11-23-8-6-15(12)18(17)22/h1-5,10,16,23H,6-9,11H2,(H,24,26). The summed E-state index contributed by atoms with van der Waals surface area (Å²) in [6.07, 6.45) is 0.962. The summed E-state index contributed by atoms with van der Waals surface area (Å²) >= 11 is 5.99. The number of halogens is 2. The maximum Gasteiger partial charge on any atom is 0.239 e. The number of benzene rings is 2. The Morgan fingerprint density at radius 3 is 2.96 bits per heavy atom. The summed E-state index contributed by atoms with van der Waals surface area (Å²) < 4.78 is 14.7. The Balaban J connectivity index is 1.50. The van der Waals surface area contributed by atoms with E-state index in [0.29, 0.717) is 48.7 Å². The van der Waals surface area contributed by atoms with E-state index in [0.717, 1.165) is 5.56 Å². The van der Waals surface area contributed by atoms with Gasteiger partial charge in [0.25, 0.3) is 0 Å². The van der Waals surface area contributed by atoms with E-state index in [1.165, 1.54) is 0 Å². The van der Waals surface area contributed by atoms with Crippen molar-refractivity contribution in [3.63, 3.8) is 0 Å². The van der Waals surface area contributed by atoms with Crippen LogP contribution in [0.1, 0.15) is 17.5 Å². The number of hydrogen-bond donors (Lipinski definition) is 2. The summed E-state index contributed by atoms with van der Waals surface area (Å²) in [5.41, 5.74) is 2.33. The summed E-state index contributed by atoms with van der Waals surface area (Å²) in [5.74, 6) is -2.00. The molecule has 0 saturated carbocycles. The summed E-state index contributed by atoms with van der Waals surface area (Å²) in [7, 11) is 0. The summed E-state index contributed by atoms with van der Waals surface area (Å²) in [6, 6.07) is 10.3. The van der Waals surface area contributed by atoms with Crippen molar-refractivity contribution in [2.24, 2.45) is 5.92 Å². The van der Waals surface area contributed by atoms with Gasteiger partial charge in [-0.1, -0.05) is 23.7 Å². The number of nitrogens with one attached hydrogen (secondary N) is 2. The highest BCUT2D eigenvalue weighted by molar-refractivity contribution is 6.31. The first-order chi connectivity index (χ1) is 13.0. The van der Waals surface area contributed by atoms with E-state index in [9.17, 15) is 14.0 Å². The van der Waals surface area contributed by atoms with Gasteiger partial charge in [-0.15, -0.1) is 0 Å². The molecule has 0 radical (unpaired) electrons. The molecule has 2 aliphatic heterocycles. The van der Waals surface area contributed by atoms with Crippen molar-refractivity contribution in [2.45, 2.75) is 19.4 Å². The molecular formula is C20H19ClFN3O2. The lowest BCUT2D eigenvalue weighted by molar-refractivity contribution is -0.129. The molecule has 2 aromatic carbocycles. The van der Waals surface area contributed by atoms with E-state index >= 15 is 0 Å². The second-order valence-electron chi connectivity index (χ2n) is 6.79. The van der Waals surface area contributed by atoms with Crippen LogP contribution < -0.4 is 15.5 Å². The largest absolute Gasteiger partial charge is 0.323 e. The molecule has 0 bridgehead atoms. The number of amides is 2. The Hall–Kier alpha value is -2.44. The SMILES string of the molecule is O=C(Nc1ccc2c(c1F)CCNC2)C1CCN(c2cccc(Cl)c2)C1=O. The van der Waals surface area contributed by atoms with Gasteiger partial charge in [-0.2, -0.15) is 0 Å². The molecule has 2 N–H and O–H groups in total. The Morgan fingerprint density at radius 2 is 2.15 bits per heavy atom. The number of rotatable bonds is 3. The predicted octanol–water partition coefficient (Wildman–Crippen LogP) is 3.12. The van der Waals surface area contributed by atoms with Gasteiger partial charge >= 0.3 is 0 Å². The number of anilines is 2. The van der Waals surface area contributed by atoms with Crippen LogP contribution in [0, 0.1) is 11.7 Å². The monoisotopic (exact) mass is 387 g/mol. The number of fused-ring (bicyclic) bond motifs is 1. The molecule has 2 heterocycles. The molecule has 1 atom stereocenters. The molecule has 4 rings (SSSR count). The molecule has 2 amide bonds. The molecule has 2 aliphatic rings. The minimum atomic E-state index is -0.832. The Bertz CT molecular complexity index is 918. The average Bonchev–Trinajstić information content (AvgIpc) is 3.06. The average molecular weight is 388 g/mol. The summed E-state index contributed by atoms with van der Waals surface area (Å²) in [6.45, 7) is 1.75. The van der Waals surface area contributed by atoms with Gasteiger partial charge < -0.3 is 15.5 Å². The second-order valence-corrected chi connectivity index (χ2v) is 7.23. The van der Waals surface area contributed by atoms with Crippen LogP contribution in [0.5, 0.6) is 0 Å². The molecule has 140 valence electrons. The quantitative estimate of drug-likeness (QED) is 0.795. The predicted molar refractivity (Wildman–Crippen MR) is 102 cm³/mol. The highest BCUT2D eigenvalue weighted by Crippen LogP contribution is 2.29. The van der Waals surface area contributed by atoms with Crippen LogP contribution in [-0.4, -0.2) is 24.9 Å². The first kappa shape index (κ1) is 17.9. The lowest BCUT2D eigenvalue weighted by Crippen LogP contribution is -2.33. The van der Waals surface area contributed by atoms with Crippen molar-refractivity contribution in [2.75, 3.05) is 23.3 Å².